The van der Waals surface area contributed by atoms with Crippen molar-refractivity contribution < 1.29 is 19.1 Å². The maximum absolute atomic E-state index is 12.0. The van der Waals surface area contributed by atoms with Gasteiger partial charge in [0.05, 0.1) is 7.11 Å². The van der Waals surface area contributed by atoms with E-state index in [2.05, 4.69) is 5.32 Å². The first-order valence-electron chi connectivity index (χ1n) is 7.50. The Bertz CT molecular complexity index is 853. The maximum Gasteiger partial charge on any atom is 0.349 e. The number of benzene rings is 2. The number of ether oxygens (including phenoxy) is 2. The first-order valence-corrected chi connectivity index (χ1v) is 7.88. The normalized spacial score (nSPS) is 10.6. The van der Waals surface area contributed by atoms with Crippen LogP contribution in [0.25, 0.3) is 6.08 Å². The molecule has 0 aromatic heterocycles. The van der Waals surface area contributed by atoms with Gasteiger partial charge in [0.25, 0.3) is 5.91 Å². The molecule has 0 heterocycles. The fraction of sp³-hybridized carbons (Fsp3) is 0.105. The van der Waals surface area contributed by atoms with Gasteiger partial charge in [0, 0.05) is 10.7 Å². The Morgan fingerprint density at radius 2 is 1.81 bits per heavy atom. The molecule has 132 valence electrons. The molecule has 6 nitrogen and oxygen atoms in total. The number of methoxy groups -OCH3 is 1. The third-order valence-electron chi connectivity index (χ3n) is 3.23. The van der Waals surface area contributed by atoms with Crippen LogP contribution in [0.3, 0.4) is 0 Å². The number of carbonyl (C=O) groups excluding carboxylic acids is 2. The van der Waals surface area contributed by atoms with Crippen LogP contribution in [-0.2, 0) is 14.3 Å². The Morgan fingerprint density at radius 1 is 1.15 bits per heavy atom. The predicted molar refractivity (Wildman–Crippen MR) is 97.6 cm³/mol. The van der Waals surface area contributed by atoms with Crippen LogP contribution in [0.5, 0.6) is 5.75 Å². The number of anilines is 1. The highest BCUT2D eigenvalue weighted by Gasteiger charge is 2.13. The number of carbonyl (C=O) groups is 2. The van der Waals surface area contributed by atoms with Crippen molar-refractivity contribution >= 4 is 35.2 Å². The number of nitrogens with one attached hydrogen (secondary N) is 1. The molecule has 2 aromatic rings. The molecule has 0 bridgehead atoms. The minimum atomic E-state index is -0.880. The van der Waals surface area contributed by atoms with Crippen molar-refractivity contribution in [3.63, 3.8) is 0 Å². The molecule has 2 rings (SSSR count). The van der Waals surface area contributed by atoms with Gasteiger partial charge in [-0.15, -0.1) is 0 Å². The second-order valence-electron chi connectivity index (χ2n) is 5.07. The van der Waals surface area contributed by atoms with E-state index in [0.717, 1.165) is 0 Å². The zero-order valence-corrected chi connectivity index (χ0v) is 14.6. The van der Waals surface area contributed by atoms with E-state index < -0.39 is 18.5 Å². The molecule has 0 saturated heterocycles. The summed E-state index contributed by atoms with van der Waals surface area (Å²) in [5, 5.41) is 12.2. The van der Waals surface area contributed by atoms with Crippen LogP contribution in [0.15, 0.2) is 54.1 Å². The maximum atomic E-state index is 12.0. The summed E-state index contributed by atoms with van der Waals surface area (Å²) < 4.78 is 9.92. The second-order valence-corrected chi connectivity index (χ2v) is 5.51. The molecular weight excluding hydrogens is 356 g/mol. The highest BCUT2D eigenvalue weighted by molar-refractivity contribution is 6.30. The number of hydrogen-bond donors (Lipinski definition) is 1. The molecule has 0 unspecified atom stereocenters. The molecule has 0 atom stereocenters. The molecule has 2 aromatic carbocycles. The van der Waals surface area contributed by atoms with Gasteiger partial charge >= 0.3 is 5.97 Å². The van der Waals surface area contributed by atoms with Crippen molar-refractivity contribution in [2.45, 2.75) is 0 Å². The number of amides is 1. The first kappa shape index (κ1) is 19.0. The van der Waals surface area contributed by atoms with Gasteiger partial charge in [-0.1, -0.05) is 23.7 Å². The largest absolute Gasteiger partial charge is 0.497 e. The fourth-order valence-electron chi connectivity index (χ4n) is 1.94. The summed E-state index contributed by atoms with van der Waals surface area (Å²) in [6.07, 6.45) is 1.37. The number of esters is 1. The third kappa shape index (κ3) is 5.65. The highest BCUT2D eigenvalue weighted by Crippen LogP contribution is 2.15. The second kappa shape index (κ2) is 9.25. The number of rotatable bonds is 6. The predicted octanol–water partition coefficient (Wildman–Crippen LogP) is 3.44. The summed E-state index contributed by atoms with van der Waals surface area (Å²) in [6, 6.07) is 15.0. The standard InChI is InChI=1S/C19H15ClN2O4/c1-25-17-8-2-13(3-9-17)10-14(11-21)19(24)26-12-18(23)22-16-6-4-15(20)5-7-16/h2-10H,12H2,1H3,(H,22,23)/b14-10+. The van der Waals surface area contributed by atoms with Gasteiger partial charge in [-0.05, 0) is 48.0 Å². The summed E-state index contributed by atoms with van der Waals surface area (Å²) in [7, 11) is 1.54. The summed E-state index contributed by atoms with van der Waals surface area (Å²) in [5.41, 5.74) is 0.934. The van der Waals surface area contributed by atoms with Gasteiger partial charge in [-0.3, -0.25) is 4.79 Å². The van der Waals surface area contributed by atoms with Crippen LogP contribution in [0.4, 0.5) is 5.69 Å². The van der Waals surface area contributed by atoms with Crippen molar-refractivity contribution in [1.82, 2.24) is 0 Å². The molecule has 0 fully saturated rings. The monoisotopic (exact) mass is 370 g/mol. The summed E-state index contributed by atoms with van der Waals surface area (Å²) >= 11 is 5.76. The van der Waals surface area contributed by atoms with Crippen molar-refractivity contribution in [3.05, 3.63) is 64.7 Å². The lowest BCUT2D eigenvalue weighted by molar-refractivity contribution is -0.142. The van der Waals surface area contributed by atoms with Gasteiger partial charge < -0.3 is 14.8 Å². The van der Waals surface area contributed by atoms with Crippen molar-refractivity contribution in [1.29, 1.82) is 5.26 Å². The number of nitriles is 1. The summed E-state index contributed by atoms with van der Waals surface area (Å²) in [5.74, 6) is -0.751. The summed E-state index contributed by atoms with van der Waals surface area (Å²) in [4.78, 5) is 23.8. The minimum Gasteiger partial charge on any atom is -0.497 e. The van der Waals surface area contributed by atoms with E-state index in [4.69, 9.17) is 26.3 Å². The molecule has 1 amide bonds. The molecule has 1 N–H and O–H groups in total. The topological polar surface area (TPSA) is 88.4 Å². The van der Waals surface area contributed by atoms with Crippen LogP contribution >= 0.6 is 11.6 Å². The van der Waals surface area contributed by atoms with Gasteiger partial charge in [0.15, 0.2) is 6.61 Å². The molecular formula is C19H15ClN2O4. The van der Waals surface area contributed by atoms with Gasteiger partial charge in [-0.25, -0.2) is 4.79 Å². The average molecular weight is 371 g/mol. The zero-order valence-electron chi connectivity index (χ0n) is 13.9. The van der Waals surface area contributed by atoms with Crippen molar-refractivity contribution in [2.24, 2.45) is 0 Å². The molecule has 0 aliphatic rings. The van der Waals surface area contributed by atoms with Crippen LogP contribution in [0.2, 0.25) is 5.02 Å². The van der Waals surface area contributed by atoms with E-state index in [-0.39, 0.29) is 5.57 Å². The SMILES string of the molecule is COc1ccc(/C=C(\C#N)C(=O)OCC(=O)Nc2ccc(Cl)cc2)cc1. The average Bonchev–Trinajstić information content (AvgIpc) is 2.66. The van der Waals surface area contributed by atoms with Gasteiger partial charge in [-0.2, -0.15) is 5.26 Å². The molecule has 0 saturated carbocycles. The number of nitrogens with zero attached hydrogens (tertiary/aromatic N) is 1. The Labute approximate surface area is 155 Å². The molecule has 7 heteroatoms. The van der Waals surface area contributed by atoms with E-state index in [9.17, 15) is 9.59 Å². The van der Waals surface area contributed by atoms with E-state index in [1.165, 1.54) is 13.2 Å². The molecule has 0 spiro atoms. The molecule has 0 radical (unpaired) electrons. The molecule has 26 heavy (non-hydrogen) atoms. The van der Waals surface area contributed by atoms with Crippen LogP contribution in [-0.4, -0.2) is 25.6 Å². The fourth-order valence-corrected chi connectivity index (χ4v) is 2.07. The van der Waals surface area contributed by atoms with Crippen molar-refractivity contribution in [3.8, 4) is 11.8 Å². The molecule has 0 aliphatic heterocycles. The molecule has 0 aliphatic carbocycles. The summed E-state index contributed by atoms with van der Waals surface area (Å²) in [6.45, 7) is -0.511. The van der Waals surface area contributed by atoms with Crippen LogP contribution in [0.1, 0.15) is 5.56 Å². The lowest BCUT2D eigenvalue weighted by Crippen LogP contribution is -2.21. The Morgan fingerprint density at radius 3 is 2.38 bits per heavy atom. The number of halogens is 1. The van der Waals surface area contributed by atoms with Crippen LogP contribution < -0.4 is 10.1 Å². The van der Waals surface area contributed by atoms with E-state index in [1.807, 2.05) is 0 Å². The van der Waals surface area contributed by atoms with E-state index >= 15 is 0 Å². The highest BCUT2D eigenvalue weighted by atomic mass is 35.5. The first-order chi connectivity index (χ1) is 12.5. The Balaban J connectivity index is 1.93. The van der Waals surface area contributed by atoms with E-state index in [1.54, 1.807) is 54.6 Å². The Kier molecular flexibility index (Phi) is 6.77. The number of hydrogen-bond acceptors (Lipinski definition) is 5. The third-order valence-corrected chi connectivity index (χ3v) is 3.48. The lowest BCUT2D eigenvalue weighted by atomic mass is 10.1. The Hall–Kier alpha value is -3.30. The van der Waals surface area contributed by atoms with Gasteiger partial charge in [0.2, 0.25) is 0 Å². The van der Waals surface area contributed by atoms with Crippen LogP contribution in [0, 0.1) is 11.3 Å². The zero-order chi connectivity index (χ0) is 18.9. The lowest BCUT2D eigenvalue weighted by Gasteiger charge is -2.06. The van der Waals surface area contributed by atoms with Crippen molar-refractivity contribution in [2.75, 3.05) is 19.0 Å². The van der Waals surface area contributed by atoms with E-state index in [0.29, 0.717) is 22.0 Å². The quantitative estimate of drug-likeness (QED) is 0.478. The smallest absolute Gasteiger partial charge is 0.349 e. The van der Waals surface area contributed by atoms with Gasteiger partial charge in [0.1, 0.15) is 17.4 Å². The minimum absolute atomic E-state index is 0.213.